The lowest BCUT2D eigenvalue weighted by atomic mass is 9.91. The van der Waals surface area contributed by atoms with Crippen molar-refractivity contribution < 1.29 is 0 Å². The Kier molecular flexibility index (Phi) is 3.33. The fourth-order valence-corrected chi connectivity index (χ4v) is 1.22. The van der Waals surface area contributed by atoms with E-state index in [-0.39, 0.29) is 0 Å². The summed E-state index contributed by atoms with van der Waals surface area (Å²) in [7, 11) is 1.54. The summed E-state index contributed by atoms with van der Waals surface area (Å²) in [5, 5.41) is 8.84. The van der Waals surface area contributed by atoms with E-state index in [0.29, 0.717) is 13.0 Å². The van der Waals surface area contributed by atoms with Crippen molar-refractivity contribution in [3.05, 3.63) is 33.1 Å². The van der Waals surface area contributed by atoms with E-state index < -0.39 is 16.5 Å². The number of nitrogens with zero attached hydrogens (tertiary/aromatic N) is 3. The minimum absolute atomic E-state index is 0.384. The van der Waals surface area contributed by atoms with Crippen LogP contribution in [0.2, 0.25) is 0 Å². The van der Waals surface area contributed by atoms with Gasteiger partial charge in [0.05, 0.1) is 11.5 Å². The molecule has 0 bridgehead atoms. The number of hydrogen-bond donors (Lipinski definition) is 0. The molecule has 0 amide bonds. The second kappa shape index (κ2) is 4.35. The molecular weight excluding hydrogens is 206 g/mol. The standard InChI is InChI=1S/C11H15N3O2/c1-11(2,8-12)4-5-14-7-6-13(3)9(15)10(14)16/h6-7H,4-5H2,1-3H3. The molecule has 0 aliphatic heterocycles. The number of rotatable bonds is 3. The Hall–Kier alpha value is -1.83. The van der Waals surface area contributed by atoms with Crippen molar-refractivity contribution in [1.82, 2.24) is 9.13 Å². The van der Waals surface area contributed by atoms with Crippen molar-refractivity contribution in [2.75, 3.05) is 0 Å². The van der Waals surface area contributed by atoms with Crippen LogP contribution in [0.25, 0.3) is 0 Å². The van der Waals surface area contributed by atoms with Crippen molar-refractivity contribution in [3.63, 3.8) is 0 Å². The zero-order valence-electron chi connectivity index (χ0n) is 9.73. The third-order valence-corrected chi connectivity index (χ3v) is 2.51. The summed E-state index contributed by atoms with van der Waals surface area (Å²) >= 11 is 0. The van der Waals surface area contributed by atoms with Crippen LogP contribution in [-0.4, -0.2) is 9.13 Å². The predicted molar refractivity (Wildman–Crippen MR) is 60.0 cm³/mol. The molecule has 0 aromatic carbocycles. The van der Waals surface area contributed by atoms with E-state index >= 15 is 0 Å². The van der Waals surface area contributed by atoms with E-state index in [1.807, 2.05) is 0 Å². The van der Waals surface area contributed by atoms with E-state index in [0.717, 1.165) is 0 Å². The quantitative estimate of drug-likeness (QED) is 0.697. The molecule has 1 aromatic rings. The van der Waals surface area contributed by atoms with Crippen molar-refractivity contribution in [3.8, 4) is 6.07 Å². The van der Waals surface area contributed by atoms with Crippen LogP contribution < -0.4 is 11.1 Å². The van der Waals surface area contributed by atoms with Crippen LogP contribution in [0.4, 0.5) is 0 Å². The highest BCUT2D eigenvalue weighted by molar-refractivity contribution is 4.92. The van der Waals surface area contributed by atoms with Crippen LogP contribution in [0.5, 0.6) is 0 Å². The molecule has 0 aliphatic rings. The van der Waals surface area contributed by atoms with Gasteiger partial charge in [-0.15, -0.1) is 0 Å². The molecule has 0 atom stereocenters. The summed E-state index contributed by atoms with van der Waals surface area (Å²) in [6.45, 7) is 3.99. The second-order valence-electron chi connectivity index (χ2n) is 4.46. The van der Waals surface area contributed by atoms with Crippen LogP contribution in [0.1, 0.15) is 20.3 Å². The predicted octanol–water partition coefficient (Wildman–Crippen LogP) is 0.487. The van der Waals surface area contributed by atoms with Gasteiger partial charge in [0, 0.05) is 26.0 Å². The molecule has 0 N–H and O–H groups in total. The van der Waals surface area contributed by atoms with Crippen molar-refractivity contribution >= 4 is 0 Å². The third kappa shape index (κ3) is 2.60. The van der Waals surface area contributed by atoms with E-state index in [9.17, 15) is 9.59 Å². The first-order valence-electron chi connectivity index (χ1n) is 5.05. The third-order valence-electron chi connectivity index (χ3n) is 2.51. The van der Waals surface area contributed by atoms with Gasteiger partial charge < -0.3 is 9.13 Å². The Morgan fingerprint density at radius 2 is 1.94 bits per heavy atom. The minimum Gasteiger partial charge on any atom is -0.312 e. The zero-order valence-corrected chi connectivity index (χ0v) is 9.73. The van der Waals surface area contributed by atoms with Crippen LogP contribution in [-0.2, 0) is 13.6 Å². The van der Waals surface area contributed by atoms with Gasteiger partial charge in [-0.3, -0.25) is 9.59 Å². The lowest BCUT2D eigenvalue weighted by molar-refractivity contribution is 0.407. The summed E-state index contributed by atoms with van der Waals surface area (Å²) in [6, 6.07) is 2.16. The highest BCUT2D eigenvalue weighted by atomic mass is 16.2. The molecule has 5 heteroatoms. The van der Waals surface area contributed by atoms with E-state index in [4.69, 9.17) is 5.26 Å². The number of aromatic nitrogens is 2. The molecule has 1 heterocycles. The van der Waals surface area contributed by atoms with Crippen molar-refractivity contribution in [2.45, 2.75) is 26.8 Å². The largest absolute Gasteiger partial charge is 0.316 e. The highest BCUT2D eigenvalue weighted by Crippen LogP contribution is 2.18. The number of hydrogen-bond acceptors (Lipinski definition) is 3. The maximum absolute atomic E-state index is 11.5. The molecular formula is C11H15N3O2. The highest BCUT2D eigenvalue weighted by Gasteiger charge is 2.16. The lowest BCUT2D eigenvalue weighted by Crippen LogP contribution is -2.39. The molecule has 0 spiro atoms. The van der Waals surface area contributed by atoms with Gasteiger partial charge >= 0.3 is 11.1 Å². The van der Waals surface area contributed by atoms with Crippen LogP contribution in [0.3, 0.4) is 0 Å². The first-order chi connectivity index (χ1) is 7.37. The molecule has 0 radical (unpaired) electrons. The molecule has 0 saturated heterocycles. The first-order valence-corrected chi connectivity index (χ1v) is 5.05. The molecule has 16 heavy (non-hydrogen) atoms. The van der Waals surface area contributed by atoms with E-state index in [1.165, 1.54) is 16.2 Å². The molecule has 86 valence electrons. The van der Waals surface area contributed by atoms with Gasteiger partial charge in [-0.2, -0.15) is 5.26 Å². The SMILES string of the molecule is Cn1ccn(CCC(C)(C)C#N)c(=O)c1=O. The van der Waals surface area contributed by atoms with Gasteiger partial charge in [-0.05, 0) is 20.3 Å². The summed E-state index contributed by atoms with van der Waals surface area (Å²) < 4.78 is 2.59. The second-order valence-corrected chi connectivity index (χ2v) is 4.46. The minimum atomic E-state index is -0.544. The molecule has 1 rings (SSSR count). The zero-order chi connectivity index (χ0) is 12.3. The monoisotopic (exact) mass is 221 g/mol. The van der Waals surface area contributed by atoms with Gasteiger partial charge in [-0.1, -0.05) is 0 Å². The fourth-order valence-electron chi connectivity index (χ4n) is 1.22. The van der Waals surface area contributed by atoms with E-state index in [1.54, 1.807) is 26.2 Å². The van der Waals surface area contributed by atoms with Crippen LogP contribution in [0, 0.1) is 16.7 Å². The Morgan fingerprint density at radius 1 is 1.31 bits per heavy atom. The maximum atomic E-state index is 11.5. The molecule has 0 aliphatic carbocycles. The van der Waals surface area contributed by atoms with Gasteiger partial charge in [0.15, 0.2) is 0 Å². The average Bonchev–Trinajstić information content (AvgIpc) is 2.25. The normalized spacial score (nSPS) is 11.1. The maximum Gasteiger partial charge on any atom is 0.316 e. The van der Waals surface area contributed by atoms with Gasteiger partial charge in [0.1, 0.15) is 0 Å². The number of nitriles is 1. The smallest absolute Gasteiger partial charge is 0.312 e. The topological polar surface area (TPSA) is 67.8 Å². The number of aryl methyl sites for hydroxylation is 2. The van der Waals surface area contributed by atoms with Crippen LogP contribution >= 0.6 is 0 Å². The Bertz CT molecular complexity index is 531. The molecule has 5 nitrogen and oxygen atoms in total. The summed E-state index contributed by atoms with van der Waals surface area (Å²) in [4.78, 5) is 22.9. The summed E-state index contributed by atoms with van der Waals surface area (Å²) in [5.41, 5.74) is -1.57. The first kappa shape index (κ1) is 12.2. The molecule has 0 fully saturated rings. The van der Waals surface area contributed by atoms with Gasteiger partial charge in [-0.25, -0.2) is 0 Å². The van der Waals surface area contributed by atoms with Crippen LogP contribution in [0.15, 0.2) is 22.0 Å². The Labute approximate surface area is 93.6 Å². The Morgan fingerprint density at radius 3 is 2.50 bits per heavy atom. The lowest BCUT2D eigenvalue weighted by Gasteiger charge is -2.15. The Balaban J connectivity index is 2.94. The molecule has 1 aromatic heterocycles. The van der Waals surface area contributed by atoms with Crippen molar-refractivity contribution in [2.24, 2.45) is 12.5 Å². The summed E-state index contributed by atoms with van der Waals surface area (Å²) in [5.74, 6) is 0. The van der Waals surface area contributed by atoms with Gasteiger partial charge in [0.2, 0.25) is 0 Å². The molecule has 0 saturated carbocycles. The van der Waals surface area contributed by atoms with Gasteiger partial charge in [0.25, 0.3) is 0 Å². The fraction of sp³-hybridized carbons (Fsp3) is 0.545. The molecule has 0 unspecified atom stereocenters. The summed E-state index contributed by atoms with van der Waals surface area (Å²) in [6.07, 6.45) is 3.65. The average molecular weight is 221 g/mol. The van der Waals surface area contributed by atoms with Crippen molar-refractivity contribution in [1.29, 1.82) is 5.26 Å². The van der Waals surface area contributed by atoms with E-state index in [2.05, 4.69) is 6.07 Å².